The Morgan fingerprint density at radius 1 is 1.12 bits per heavy atom. The predicted molar refractivity (Wildman–Crippen MR) is 60.0 cm³/mol. The van der Waals surface area contributed by atoms with Crippen molar-refractivity contribution in [1.29, 1.82) is 0 Å². The van der Waals surface area contributed by atoms with Crippen molar-refractivity contribution < 1.29 is 14.9 Å². The Hall–Kier alpha value is -0.200. The van der Waals surface area contributed by atoms with E-state index in [-0.39, 0.29) is 12.1 Å². The highest BCUT2D eigenvalue weighted by Gasteiger charge is 2.40. The molecule has 2 rings (SSSR count). The third-order valence-corrected chi connectivity index (χ3v) is 3.67. The maximum absolute atomic E-state index is 9.78. The first-order valence-corrected chi connectivity index (χ1v) is 6.16. The zero-order chi connectivity index (χ0) is 11.5. The molecule has 0 aromatic heterocycles. The number of aliphatic hydroxyl groups is 2. The molecule has 0 radical (unpaired) electrons. The first-order chi connectivity index (χ1) is 7.72. The first kappa shape index (κ1) is 12.3. The zero-order valence-corrected chi connectivity index (χ0v) is 9.51. The molecular formula is C11H22N2O3. The van der Waals surface area contributed by atoms with Gasteiger partial charge >= 0.3 is 0 Å². The number of aliphatic hydroxyl groups excluding tert-OH is 2. The van der Waals surface area contributed by atoms with Crippen LogP contribution in [0, 0.1) is 0 Å². The molecule has 94 valence electrons. The molecule has 1 heterocycles. The van der Waals surface area contributed by atoms with E-state index < -0.39 is 12.2 Å². The summed E-state index contributed by atoms with van der Waals surface area (Å²) < 4.78 is 5.72. The Morgan fingerprint density at radius 3 is 2.31 bits per heavy atom. The molecule has 4 atom stereocenters. The lowest BCUT2D eigenvalue weighted by atomic mass is 10.1. The summed E-state index contributed by atoms with van der Waals surface area (Å²) in [7, 11) is 0. The number of hydrogen-bond donors (Lipinski definition) is 4. The molecule has 1 saturated carbocycles. The van der Waals surface area contributed by atoms with Crippen LogP contribution in [0.3, 0.4) is 0 Å². The fourth-order valence-electron chi connectivity index (χ4n) is 2.60. The van der Waals surface area contributed by atoms with Crippen LogP contribution in [0.5, 0.6) is 0 Å². The van der Waals surface area contributed by atoms with Crippen molar-refractivity contribution in [1.82, 2.24) is 5.32 Å². The third kappa shape index (κ3) is 2.55. The van der Waals surface area contributed by atoms with E-state index in [0.717, 1.165) is 12.8 Å². The van der Waals surface area contributed by atoms with Crippen molar-refractivity contribution in [2.45, 2.75) is 56.1 Å². The second-order valence-electron chi connectivity index (χ2n) is 4.84. The Morgan fingerprint density at radius 2 is 1.75 bits per heavy atom. The van der Waals surface area contributed by atoms with Crippen molar-refractivity contribution in [3.63, 3.8) is 0 Å². The number of rotatable bonds is 4. The van der Waals surface area contributed by atoms with Crippen LogP contribution in [-0.4, -0.2) is 53.8 Å². The van der Waals surface area contributed by atoms with Crippen LogP contribution in [0.2, 0.25) is 0 Å². The van der Waals surface area contributed by atoms with Gasteiger partial charge < -0.3 is 26.0 Å². The van der Waals surface area contributed by atoms with E-state index in [1.165, 1.54) is 12.8 Å². The molecule has 0 bridgehead atoms. The standard InChI is InChI=1S/C11H22N2O3/c12-5-8-10(14)11(15)9(13-8)6-16-7-3-1-2-4-7/h7-11,13-15H,1-6,12H2/t8-,9+,10+,11-/m0/s1. The fourth-order valence-corrected chi connectivity index (χ4v) is 2.60. The quantitative estimate of drug-likeness (QED) is 0.496. The lowest BCUT2D eigenvalue weighted by Gasteiger charge is -2.18. The van der Waals surface area contributed by atoms with Gasteiger partial charge in [-0.2, -0.15) is 0 Å². The third-order valence-electron chi connectivity index (χ3n) is 3.67. The highest BCUT2D eigenvalue weighted by atomic mass is 16.5. The van der Waals surface area contributed by atoms with Crippen molar-refractivity contribution in [3.8, 4) is 0 Å². The molecule has 5 N–H and O–H groups in total. The molecule has 0 aromatic carbocycles. The van der Waals surface area contributed by atoms with Crippen LogP contribution in [0.25, 0.3) is 0 Å². The van der Waals surface area contributed by atoms with Crippen molar-refractivity contribution in [3.05, 3.63) is 0 Å². The summed E-state index contributed by atoms with van der Waals surface area (Å²) in [5.41, 5.74) is 5.49. The molecule has 5 nitrogen and oxygen atoms in total. The van der Waals surface area contributed by atoms with Crippen LogP contribution >= 0.6 is 0 Å². The van der Waals surface area contributed by atoms with Gasteiger partial charge in [0.2, 0.25) is 0 Å². The second kappa shape index (κ2) is 5.42. The van der Waals surface area contributed by atoms with Gasteiger partial charge in [-0.25, -0.2) is 0 Å². The van der Waals surface area contributed by atoms with E-state index in [0.29, 0.717) is 19.3 Å². The monoisotopic (exact) mass is 230 g/mol. The molecule has 5 heteroatoms. The molecule has 2 aliphatic rings. The summed E-state index contributed by atoms with van der Waals surface area (Å²) in [6, 6.07) is -0.406. The lowest BCUT2D eigenvalue weighted by Crippen LogP contribution is -2.41. The SMILES string of the molecule is NC[C@@H]1N[C@H](COC2CCCC2)[C@H](O)[C@@H]1O. The average Bonchev–Trinajstić information content (AvgIpc) is 2.88. The molecule has 1 aliphatic heterocycles. The lowest BCUT2D eigenvalue weighted by molar-refractivity contribution is -0.00815. The minimum absolute atomic E-state index is 0.191. The molecule has 0 unspecified atom stereocenters. The minimum atomic E-state index is -0.776. The zero-order valence-electron chi connectivity index (χ0n) is 9.51. The van der Waals surface area contributed by atoms with Crippen LogP contribution in [0.4, 0.5) is 0 Å². The van der Waals surface area contributed by atoms with E-state index in [2.05, 4.69) is 5.32 Å². The first-order valence-electron chi connectivity index (χ1n) is 6.16. The molecule has 1 aliphatic carbocycles. The van der Waals surface area contributed by atoms with E-state index in [1.807, 2.05) is 0 Å². The normalized spacial score (nSPS) is 40.7. The molecular weight excluding hydrogens is 208 g/mol. The molecule has 0 amide bonds. The van der Waals surface area contributed by atoms with E-state index in [9.17, 15) is 10.2 Å². The Kier molecular flexibility index (Phi) is 4.16. The fraction of sp³-hybridized carbons (Fsp3) is 1.00. The Labute approximate surface area is 96.0 Å². The van der Waals surface area contributed by atoms with Gasteiger partial charge in [0.15, 0.2) is 0 Å². The summed E-state index contributed by atoms with van der Waals surface area (Å²) >= 11 is 0. The van der Waals surface area contributed by atoms with Gasteiger partial charge in [0.1, 0.15) is 0 Å². The van der Waals surface area contributed by atoms with Gasteiger partial charge in [0, 0.05) is 12.6 Å². The topological polar surface area (TPSA) is 87.7 Å². The molecule has 16 heavy (non-hydrogen) atoms. The largest absolute Gasteiger partial charge is 0.389 e. The summed E-state index contributed by atoms with van der Waals surface area (Å²) in [4.78, 5) is 0. The van der Waals surface area contributed by atoms with Crippen molar-refractivity contribution >= 4 is 0 Å². The summed E-state index contributed by atoms with van der Waals surface area (Å²) in [5, 5.41) is 22.6. The van der Waals surface area contributed by atoms with Crippen molar-refractivity contribution in [2.24, 2.45) is 5.73 Å². The number of ether oxygens (including phenoxy) is 1. The number of hydrogen-bond acceptors (Lipinski definition) is 5. The maximum atomic E-state index is 9.78. The van der Waals surface area contributed by atoms with E-state index in [1.54, 1.807) is 0 Å². The van der Waals surface area contributed by atoms with Gasteiger partial charge in [-0.1, -0.05) is 12.8 Å². The van der Waals surface area contributed by atoms with Crippen LogP contribution in [-0.2, 0) is 4.74 Å². The summed E-state index contributed by atoms with van der Waals surface area (Å²) in [6.45, 7) is 0.789. The minimum Gasteiger partial charge on any atom is -0.389 e. The molecule has 0 spiro atoms. The van der Waals surface area contributed by atoms with Gasteiger partial charge in [0.05, 0.1) is 31.0 Å². The number of nitrogens with one attached hydrogen (secondary N) is 1. The van der Waals surface area contributed by atoms with E-state index in [4.69, 9.17) is 10.5 Å². The predicted octanol–water partition coefficient (Wildman–Crippen LogP) is -1.03. The van der Waals surface area contributed by atoms with Crippen LogP contribution in [0.15, 0.2) is 0 Å². The van der Waals surface area contributed by atoms with Gasteiger partial charge in [-0.15, -0.1) is 0 Å². The van der Waals surface area contributed by atoms with Gasteiger partial charge in [-0.3, -0.25) is 0 Å². The molecule has 0 aromatic rings. The Bertz CT molecular complexity index is 221. The van der Waals surface area contributed by atoms with E-state index >= 15 is 0 Å². The van der Waals surface area contributed by atoms with Crippen LogP contribution < -0.4 is 11.1 Å². The summed E-state index contributed by atoms with van der Waals surface area (Å²) in [5.74, 6) is 0. The van der Waals surface area contributed by atoms with Crippen LogP contribution in [0.1, 0.15) is 25.7 Å². The summed E-state index contributed by atoms with van der Waals surface area (Å²) in [6.07, 6.45) is 3.50. The second-order valence-corrected chi connectivity index (χ2v) is 4.84. The Balaban J connectivity index is 1.77. The highest BCUT2D eigenvalue weighted by molar-refractivity contribution is 4.98. The smallest absolute Gasteiger partial charge is 0.0990 e. The number of nitrogens with two attached hydrogens (primary N) is 1. The maximum Gasteiger partial charge on any atom is 0.0990 e. The molecule has 1 saturated heterocycles. The molecule has 2 fully saturated rings. The van der Waals surface area contributed by atoms with Gasteiger partial charge in [-0.05, 0) is 12.8 Å². The van der Waals surface area contributed by atoms with Crippen molar-refractivity contribution in [2.75, 3.05) is 13.2 Å². The average molecular weight is 230 g/mol. The van der Waals surface area contributed by atoms with Gasteiger partial charge in [0.25, 0.3) is 0 Å². The highest BCUT2D eigenvalue weighted by Crippen LogP contribution is 2.22.